The quantitative estimate of drug-likeness (QED) is 0.860. The van der Waals surface area contributed by atoms with Gasteiger partial charge in [0, 0.05) is 17.9 Å². The highest BCUT2D eigenvalue weighted by molar-refractivity contribution is 7.09. The van der Waals surface area contributed by atoms with E-state index in [1.165, 1.54) is 5.01 Å². The van der Waals surface area contributed by atoms with Crippen LogP contribution in [0.25, 0.3) is 0 Å². The first-order valence-corrected chi connectivity index (χ1v) is 6.35. The number of nitrogens with zero attached hydrogens (tertiary/aromatic N) is 1. The van der Waals surface area contributed by atoms with Gasteiger partial charge in [-0.2, -0.15) is 0 Å². The molecule has 2 heterocycles. The number of ether oxygens (including phenoxy) is 1. The van der Waals surface area contributed by atoms with Crippen molar-refractivity contribution in [3.05, 3.63) is 16.1 Å². The summed E-state index contributed by atoms with van der Waals surface area (Å²) in [6, 6.07) is 0.0670. The van der Waals surface area contributed by atoms with Gasteiger partial charge in [0.15, 0.2) is 0 Å². The van der Waals surface area contributed by atoms with Gasteiger partial charge in [0.25, 0.3) is 0 Å². The van der Waals surface area contributed by atoms with Crippen LogP contribution in [-0.4, -0.2) is 18.2 Å². The summed E-state index contributed by atoms with van der Waals surface area (Å²) in [5.74, 6) is 0.947. The second kappa shape index (κ2) is 4.60. The molecule has 0 saturated carbocycles. The minimum Gasteiger partial charge on any atom is -0.381 e. The zero-order valence-electron chi connectivity index (χ0n) is 9.27. The molecule has 0 bridgehead atoms. The number of aromatic nitrogens is 1. The van der Waals surface area contributed by atoms with Gasteiger partial charge in [-0.25, -0.2) is 4.98 Å². The van der Waals surface area contributed by atoms with E-state index in [0.29, 0.717) is 11.8 Å². The average molecular weight is 226 g/mol. The molecule has 0 aromatic carbocycles. The molecular weight excluding hydrogens is 208 g/mol. The molecule has 1 fully saturated rings. The summed E-state index contributed by atoms with van der Waals surface area (Å²) in [4.78, 5) is 4.63. The summed E-state index contributed by atoms with van der Waals surface area (Å²) in [6.07, 6.45) is 1.10. The summed E-state index contributed by atoms with van der Waals surface area (Å²) < 4.78 is 5.36. The van der Waals surface area contributed by atoms with Crippen molar-refractivity contribution in [1.82, 2.24) is 4.98 Å². The van der Waals surface area contributed by atoms with Gasteiger partial charge in [0.1, 0.15) is 0 Å². The summed E-state index contributed by atoms with van der Waals surface area (Å²) >= 11 is 1.72. The maximum Gasteiger partial charge on any atom is 0.0983 e. The molecule has 2 atom stereocenters. The van der Waals surface area contributed by atoms with Crippen LogP contribution in [0.1, 0.15) is 42.9 Å². The topological polar surface area (TPSA) is 48.1 Å². The molecule has 0 radical (unpaired) electrons. The van der Waals surface area contributed by atoms with Crippen molar-refractivity contribution in [2.45, 2.75) is 32.2 Å². The summed E-state index contributed by atoms with van der Waals surface area (Å²) in [5.41, 5.74) is 7.10. The van der Waals surface area contributed by atoms with Crippen molar-refractivity contribution in [2.24, 2.45) is 11.7 Å². The van der Waals surface area contributed by atoms with Crippen LogP contribution in [0.15, 0.2) is 5.38 Å². The first-order valence-electron chi connectivity index (χ1n) is 5.47. The fourth-order valence-electron chi connectivity index (χ4n) is 1.71. The molecular formula is C11H18N2OS. The highest BCUT2D eigenvalue weighted by Gasteiger charge is 2.22. The smallest absolute Gasteiger partial charge is 0.0983 e. The van der Waals surface area contributed by atoms with Crippen LogP contribution < -0.4 is 5.73 Å². The van der Waals surface area contributed by atoms with Crippen LogP contribution in [0.5, 0.6) is 0 Å². The Morgan fingerprint density at radius 1 is 1.60 bits per heavy atom. The Morgan fingerprint density at radius 2 is 2.40 bits per heavy atom. The Hall–Kier alpha value is -0.450. The van der Waals surface area contributed by atoms with Gasteiger partial charge < -0.3 is 10.5 Å². The molecule has 1 aliphatic rings. The van der Waals surface area contributed by atoms with E-state index in [9.17, 15) is 0 Å². The molecule has 84 valence electrons. The fourth-order valence-corrected chi connectivity index (χ4v) is 2.70. The number of hydrogen-bond acceptors (Lipinski definition) is 4. The van der Waals surface area contributed by atoms with Crippen molar-refractivity contribution in [2.75, 3.05) is 13.2 Å². The number of thiazole rings is 1. The fraction of sp³-hybridized carbons (Fsp3) is 0.727. The third-order valence-corrected chi connectivity index (χ3v) is 3.90. The molecule has 1 aliphatic heterocycles. The Kier molecular flexibility index (Phi) is 3.38. The maximum absolute atomic E-state index is 6.06. The van der Waals surface area contributed by atoms with Crippen molar-refractivity contribution >= 4 is 11.3 Å². The first-order chi connectivity index (χ1) is 7.18. The van der Waals surface area contributed by atoms with Gasteiger partial charge in [-0.05, 0) is 12.3 Å². The van der Waals surface area contributed by atoms with Gasteiger partial charge in [0.2, 0.25) is 0 Å². The Morgan fingerprint density at radius 3 is 3.00 bits per heavy atom. The largest absolute Gasteiger partial charge is 0.381 e. The van der Waals surface area contributed by atoms with Gasteiger partial charge in [-0.1, -0.05) is 13.8 Å². The van der Waals surface area contributed by atoms with Crippen LogP contribution in [0.3, 0.4) is 0 Å². The van der Waals surface area contributed by atoms with Crippen molar-refractivity contribution in [1.29, 1.82) is 0 Å². The van der Waals surface area contributed by atoms with Crippen molar-refractivity contribution in [3.8, 4) is 0 Å². The molecule has 2 N–H and O–H groups in total. The molecule has 3 nitrogen and oxygen atoms in total. The molecule has 2 unspecified atom stereocenters. The van der Waals surface area contributed by atoms with E-state index >= 15 is 0 Å². The minimum atomic E-state index is 0.0670. The Bertz CT molecular complexity index is 302. The molecule has 2 rings (SSSR count). The van der Waals surface area contributed by atoms with E-state index in [4.69, 9.17) is 10.5 Å². The summed E-state index contributed by atoms with van der Waals surface area (Å²) in [6.45, 7) is 5.95. The monoisotopic (exact) mass is 226 g/mol. The van der Waals surface area contributed by atoms with E-state index in [0.717, 1.165) is 25.3 Å². The molecule has 0 spiro atoms. The normalized spacial score (nSPS) is 23.6. The second-order valence-corrected chi connectivity index (χ2v) is 5.33. The zero-order valence-corrected chi connectivity index (χ0v) is 10.1. The lowest BCUT2D eigenvalue weighted by Crippen LogP contribution is -2.17. The molecule has 1 aromatic heterocycles. The third-order valence-electron chi connectivity index (χ3n) is 2.88. The summed E-state index contributed by atoms with van der Waals surface area (Å²) in [7, 11) is 0. The van der Waals surface area contributed by atoms with Crippen LogP contribution in [0.2, 0.25) is 0 Å². The Balaban J connectivity index is 2.09. The van der Waals surface area contributed by atoms with E-state index in [2.05, 4.69) is 24.2 Å². The minimum absolute atomic E-state index is 0.0670. The third kappa shape index (κ3) is 2.38. The molecule has 0 aliphatic carbocycles. The SMILES string of the molecule is CC(C)C(N)c1csc(C2CCOC2)n1. The molecule has 1 aromatic rings. The van der Waals surface area contributed by atoms with Crippen LogP contribution in [0.4, 0.5) is 0 Å². The van der Waals surface area contributed by atoms with E-state index in [1.54, 1.807) is 11.3 Å². The molecule has 1 saturated heterocycles. The van der Waals surface area contributed by atoms with Gasteiger partial charge in [-0.3, -0.25) is 0 Å². The van der Waals surface area contributed by atoms with Crippen LogP contribution in [0, 0.1) is 5.92 Å². The lowest BCUT2D eigenvalue weighted by atomic mass is 10.0. The molecule has 15 heavy (non-hydrogen) atoms. The summed E-state index contributed by atoms with van der Waals surface area (Å²) in [5, 5.41) is 3.29. The van der Waals surface area contributed by atoms with Crippen molar-refractivity contribution in [3.63, 3.8) is 0 Å². The Labute approximate surface area is 94.7 Å². The van der Waals surface area contributed by atoms with E-state index in [-0.39, 0.29) is 6.04 Å². The van der Waals surface area contributed by atoms with Gasteiger partial charge in [0.05, 0.1) is 23.4 Å². The lowest BCUT2D eigenvalue weighted by molar-refractivity contribution is 0.194. The number of hydrogen-bond donors (Lipinski definition) is 1. The predicted molar refractivity (Wildman–Crippen MR) is 62.1 cm³/mol. The van der Waals surface area contributed by atoms with Crippen LogP contribution in [-0.2, 0) is 4.74 Å². The molecule has 0 amide bonds. The first kappa shape index (κ1) is 11.0. The lowest BCUT2D eigenvalue weighted by Gasteiger charge is -2.12. The van der Waals surface area contributed by atoms with E-state index in [1.807, 2.05) is 0 Å². The standard InChI is InChI=1S/C11H18N2OS/c1-7(2)10(12)9-6-15-11(13-9)8-3-4-14-5-8/h6-8,10H,3-5,12H2,1-2H3. The average Bonchev–Trinajstić information content (AvgIpc) is 2.86. The highest BCUT2D eigenvalue weighted by Crippen LogP contribution is 2.30. The van der Waals surface area contributed by atoms with E-state index < -0.39 is 0 Å². The zero-order chi connectivity index (χ0) is 10.8. The van der Waals surface area contributed by atoms with Crippen LogP contribution >= 0.6 is 11.3 Å². The maximum atomic E-state index is 6.06. The molecule has 4 heteroatoms. The van der Waals surface area contributed by atoms with Gasteiger partial charge >= 0.3 is 0 Å². The predicted octanol–water partition coefficient (Wildman–Crippen LogP) is 2.30. The number of nitrogens with two attached hydrogens (primary N) is 1. The van der Waals surface area contributed by atoms with Gasteiger partial charge in [-0.15, -0.1) is 11.3 Å². The second-order valence-electron chi connectivity index (χ2n) is 4.44. The highest BCUT2D eigenvalue weighted by atomic mass is 32.1. The van der Waals surface area contributed by atoms with Crippen molar-refractivity contribution < 1.29 is 4.74 Å². The number of rotatable bonds is 3.